The van der Waals surface area contributed by atoms with Gasteiger partial charge in [-0.25, -0.2) is 0 Å². The molecule has 2 N–H and O–H groups in total. The minimum absolute atomic E-state index is 0.187. The van der Waals surface area contributed by atoms with Gasteiger partial charge in [0.15, 0.2) is 0 Å². The van der Waals surface area contributed by atoms with Gasteiger partial charge in [0.25, 0.3) is 0 Å². The first kappa shape index (κ1) is 14.6. The highest BCUT2D eigenvalue weighted by Gasteiger charge is 2.31. The van der Waals surface area contributed by atoms with E-state index in [4.69, 9.17) is 10.5 Å². The van der Waals surface area contributed by atoms with Crippen molar-refractivity contribution >= 4 is 11.7 Å². The molecule has 0 amide bonds. The SMILES string of the molecule is CC(C)CCOC(=O)C(C)(C)c1ccc(N)cc1. The van der Waals surface area contributed by atoms with Crippen molar-refractivity contribution in [2.24, 2.45) is 5.92 Å². The molecule has 3 heteroatoms. The lowest BCUT2D eigenvalue weighted by molar-refractivity contribution is -0.149. The van der Waals surface area contributed by atoms with Crippen LogP contribution < -0.4 is 5.73 Å². The van der Waals surface area contributed by atoms with E-state index in [1.54, 1.807) is 12.1 Å². The first-order valence-corrected chi connectivity index (χ1v) is 6.37. The van der Waals surface area contributed by atoms with Gasteiger partial charge in [0, 0.05) is 5.69 Å². The van der Waals surface area contributed by atoms with E-state index in [9.17, 15) is 4.79 Å². The molecular weight excluding hydrogens is 226 g/mol. The number of nitrogens with two attached hydrogens (primary N) is 1. The number of anilines is 1. The van der Waals surface area contributed by atoms with Crippen LogP contribution in [0, 0.1) is 5.92 Å². The van der Waals surface area contributed by atoms with E-state index in [1.165, 1.54) is 0 Å². The summed E-state index contributed by atoms with van der Waals surface area (Å²) >= 11 is 0. The highest BCUT2D eigenvalue weighted by Crippen LogP contribution is 2.25. The molecule has 0 fully saturated rings. The van der Waals surface area contributed by atoms with Crippen LogP contribution >= 0.6 is 0 Å². The maximum Gasteiger partial charge on any atom is 0.315 e. The lowest BCUT2D eigenvalue weighted by Gasteiger charge is -2.23. The monoisotopic (exact) mass is 249 g/mol. The molecule has 0 saturated heterocycles. The molecule has 1 aromatic carbocycles. The lowest BCUT2D eigenvalue weighted by Crippen LogP contribution is -2.31. The number of hydrogen-bond donors (Lipinski definition) is 1. The fourth-order valence-corrected chi connectivity index (χ4v) is 1.59. The summed E-state index contributed by atoms with van der Waals surface area (Å²) in [5.74, 6) is 0.352. The molecule has 18 heavy (non-hydrogen) atoms. The summed E-state index contributed by atoms with van der Waals surface area (Å²) in [6.45, 7) is 8.44. The molecule has 1 aromatic rings. The number of carbonyl (C=O) groups is 1. The van der Waals surface area contributed by atoms with E-state index in [0.29, 0.717) is 18.2 Å². The second-order valence-electron chi connectivity index (χ2n) is 5.57. The summed E-state index contributed by atoms with van der Waals surface area (Å²) in [6, 6.07) is 7.36. The Morgan fingerprint density at radius 1 is 1.28 bits per heavy atom. The quantitative estimate of drug-likeness (QED) is 0.644. The molecule has 1 rings (SSSR count). The van der Waals surface area contributed by atoms with Crippen LogP contribution in [0.3, 0.4) is 0 Å². The smallest absolute Gasteiger partial charge is 0.315 e. The summed E-state index contributed by atoms with van der Waals surface area (Å²) in [5.41, 5.74) is 6.63. The maximum absolute atomic E-state index is 12.1. The third-order valence-corrected chi connectivity index (χ3v) is 3.07. The van der Waals surface area contributed by atoms with Gasteiger partial charge >= 0.3 is 5.97 Å². The van der Waals surface area contributed by atoms with Crippen LogP contribution in [-0.4, -0.2) is 12.6 Å². The Morgan fingerprint density at radius 2 is 1.83 bits per heavy atom. The van der Waals surface area contributed by atoms with E-state index in [2.05, 4.69) is 13.8 Å². The van der Waals surface area contributed by atoms with Crippen molar-refractivity contribution in [3.05, 3.63) is 29.8 Å². The van der Waals surface area contributed by atoms with Gasteiger partial charge < -0.3 is 10.5 Å². The van der Waals surface area contributed by atoms with Crippen LogP contribution in [0.15, 0.2) is 24.3 Å². The highest BCUT2D eigenvalue weighted by molar-refractivity contribution is 5.82. The molecule has 0 atom stereocenters. The minimum atomic E-state index is -0.634. The Labute approximate surface area is 109 Å². The van der Waals surface area contributed by atoms with Gasteiger partial charge in [-0.1, -0.05) is 26.0 Å². The number of hydrogen-bond acceptors (Lipinski definition) is 3. The van der Waals surface area contributed by atoms with Gasteiger partial charge in [-0.3, -0.25) is 4.79 Å². The zero-order chi connectivity index (χ0) is 13.8. The molecule has 0 aliphatic rings. The van der Waals surface area contributed by atoms with Crippen molar-refractivity contribution in [2.75, 3.05) is 12.3 Å². The highest BCUT2D eigenvalue weighted by atomic mass is 16.5. The standard InChI is InChI=1S/C15H23NO2/c1-11(2)9-10-18-14(17)15(3,4)12-5-7-13(16)8-6-12/h5-8,11H,9-10,16H2,1-4H3. The predicted molar refractivity (Wildman–Crippen MR) is 74.3 cm³/mol. The van der Waals surface area contributed by atoms with E-state index in [0.717, 1.165) is 12.0 Å². The Bertz CT molecular complexity index is 393. The second kappa shape index (κ2) is 5.89. The number of esters is 1. The van der Waals surface area contributed by atoms with Crippen LogP contribution in [0.1, 0.15) is 39.7 Å². The molecule has 0 aliphatic carbocycles. The van der Waals surface area contributed by atoms with Crippen molar-refractivity contribution in [1.82, 2.24) is 0 Å². The van der Waals surface area contributed by atoms with Crippen LogP contribution in [0.2, 0.25) is 0 Å². The Hall–Kier alpha value is -1.51. The topological polar surface area (TPSA) is 52.3 Å². The molecule has 0 spiro atoms. The van der Waals surface area contributed by atoms with Gasteiger partial charge in [-0.15, -0.1) is 0 Å². The van der Waals surface area contributed by atoms with Crippen LogP contribution in [0.4, 0.5) is 5.69 Å². The Balaban J connectivity index is 2.67. The van der Waals surface area contributed by atoms with Crippen LogP contribution in [-0.2, 0) is 14.9 Å². The molecule has 0 radical (unpaired) electrons. The van der Waals surface area contributed by atoms with E-state index in [-0.39, 0.29) is 5.97 Å². The first-order valence-electron chi connectivity index (χ1n) is 6.37. The average molecular weight is 249 g/mol. The zero-order valence-corrected chi connectivity index (χ0v) is 11.7. The fraction of sp³-hybridized carbons (Fsp3) is 0.533. The minimum Gasteiger partial charge on any atom is -0.465 e. The number of benzene rings is 1. The molecule has 0 saturated carbocycles. The number of ether oxygens (including phenoxy) is 1. The van der Waals surface area contributed by atoms with Gasteiger partial charge in [-0.2, -0.15) is 0 Å². The van der Waals surface area contributed by atoms with Crippen molar-refractivity contribution in [3.63, 3.8) is 0 Å². The van der Waals surface area contributed by atoms with E-state index >= 15 is 0 Å². The molecule has 0 bridgehead atoms. The molecule has 3 nitrogen and oxygen atoms in total. The molecule has 0 aromatic heterocycles. The molecule has 0 aliphatic heterocycles. The van der Waals surface area contributed by atoms with Gasteiger partial charge in [0.05, 0.1) is 12.0 Å². The summed E-state index contributed by atoms with van der Waals surface area (Å²) in [7, 11) is 0. The number of nitrogen functional groups attached to an aromatic ring is 1. The summed E-state index contributed by atoms with van der Waals surface area (Å²) in [4.78, 5) is 12.1. The summed E-state index contributed by atoms with van der Waals surface area (Å²) < 4.78 is 5.33. The zero-order valence-electron chi connectivity index (χ0n) is 11.7. The predicted octanol–water partition coefficient (Wildman–Crippen LogP) is 3.14. The molecule has 0 heterocycles. The van der Waals surface area contributed by atoms with Gasteiger partial charge in [0.1, 0.15) is 0 Å². The first-order chi connectivity index (χ1) is 8.34. The number of carbonyl (C=O) groups excluding carboxylic acids is 1. The average Bonchev–Trinajstić information content (AvgIpc) is 2.28. The molecule has 100 valence electrons. The van der Waals surface area contributed by atoms with E-state index in [1.807, 2.05) is 26.0 Å². The Kier molecular flexibility index (Phi) is 4.76. The molecule has 0 unspecified atom stereocenters. The van der Waals surface area contributed by atoms with Gasteiger partial charge in [-0.05, 0) is 43.9 Å². The lowest BCUT2D eigenvalue weighted by atomic mass is 9.84. The summed E-state index contributed by atoms with van der Waals surface area (Å²) in [6.07, 6.45) is 0.892. The van der Waals surface area contributed by atoms with Gasteiger partial charge in [0.2, 0.25) is 0 Å². The second-order valence-corrected chi connectivity index (χ2v) is 5.57. The normalized spacial score (nSPS) is 11.6. The van der Waals surface area contributed by atoms with Crippen LogP contribution in [0.5, 0.6) is 0 Å². The molecular formula is C15H23NO2. The number of rotatable bonds is 5. The maximum atomic E-state index is 12.1. The van der Waals surface area contributed by atoms with Crippen molar-refractivity contribution < 1.29 is 9.53 Å². The van der Waals surface area contributed by atoms with Crippen molar-refractivity contribution in [3.8, 4) is 0 Å². The van der Waals surface area contributed by atoms with Crippen molar-refractivity contribution in [2.45, 2.75) is 39.5 Å². The largest absolute Gasteiger partial charge is 0.465 e. The third kappa shape index (κ3) is 3.76. The summed E-state index contributed by atoms with van der Waals surface area (Å²) in [5, 5.41) is 0. The van der Waals surface area contributed by atoms with Crippen molar-refractivity contribution in [1.29, 1.82) is 0 Å². The van der Waals surface area contributed by atoms with Crippen LogP contribution in [0.25, 0.3) is 0 Å². The fourth-order valence-electron chi connectivity index (χ4n) is 1.59. The third-order valence-electron chi connectivity index (χ3n) is 3.07. The van der Waals surface area contributed by atoms with E-state index < -0.39 is 5.41 Å². The Morgan fingerprint density at radius 3 is 2.33 bits per heavy atom.